The van der Waals surface area contributed by atoms with Crippen LogP contribution in [0.25, 0.3) is 5.65 Å². The van der Waals surface area contributed by atoms with Gasteiger partial charge in [0.25, 0.3) is 0 Å². The average molecular weight is 439 g/mol. The lowest BCUT2D eigenvalue weighted by Gasteiger charge is -2.44. The first-order chi connectivity index (χ1) is 14.4. The van der Waals surface area contributed by atoms with E-state index in [0.29, 0.717) is 41.0 Å². The van der Waals surface area contributed by atoms with Gasteiger partial charge >= 0.3 is 6.18 Å². The maximum absolute atomic E-state index is 14.1. The fourth-order valence-electron chi connectivity index (χ4n) is 4.12. The van der Waals surface area contributed by atoms with Gasteiger partial charge < -0.3 is 9.64 Å². The van der Waals surface area contributed by atoms with E-state index in [2.05, 4.69) is 10.2 Å². The Bertz CT molecular complexity index is 1010. The number of halogens is 4. The average Bonchev–Trinajstić information content (AvgIpc) is 3.16. The molecular weight excluding hydrogens is 417 g/mol. The van der Waals surface area contributed by atoms with Crippen molar-refractivity contribution in [3.05, 3.63) is 59.0 Å². The molecule has 1 aliphatic heterocycles. The summed E-state index contributed by atoms with van der Waals surface area (Å²) in [4.78, 5) is 1.89. The standard InChI is InChI=1S/C21H22ClF3N4O/c1-2-30-14-17-26-27-19-18(22)16(8-11-29(17)19)28-12-9-20(10-13-28,21(23,24)25)15-6-4-3-5-7-15/h3-8,11H,2,9-10,12-14H2,1H3. The Hall–Kier alpha value is -2.32. The van der Waals surface area contributed by atoms with Gasteiger partial charge in [-0.15, -0.1) is 10.2 Å². The Labute approximate surface area is 177 Å². The van der Waals surface area contributed by atoms with Gasteiger partial charge in [0.15, 0.2) is 11.5 Å². The van der Waals surface area contributed by atoms with E-state index in [-0.39, 0.29) is 25.9 Å². The summed E-state index contributed by atoms with van der Waals surface area (Å²) in [7, 11) is 0. The zero-order valence-electron chi connectivity index (χ0n) is 16.5. The van der Waals surface area contributed by atoms with Gasteiger partial charge in [-0.1, -0.05) is 41.9 Å². The molecule has 0 atom stereocenters. The summed E-state index contributed by atoms with van der Waals surface area (Å²) in [5, 5.41) is 8.63. The zero-order chi connectivity index (χ0) is 21.4. The number of hydrogen-bond acceptors (Lipinski definition) is 4. The van der Waals surface area contributed by atoms with Crippen LogP contribution in [-0.4, -0.2) is 40.5 Å². The summed E-state index contributed by atoms with van der Waals surface area (Å²) in [5.41, 5.74) is -0.388. The summed E-state index contributed by atoms with van der Waals surface area (Å²) in [6.07, 6.45) is -2.61. The molecule has 0 radical (unpaired) electrons. The van der Waals surface area contributed by atoms with Crippen molar-refractivity contribution in [2.45, 2.75) is 38.0 Å². The SMILES string of the molecule is CCOCc1nnc2c(Cl)c(N3CCC(c4ccccc4)(C(F)(F)F)CC3)ccn12. The van der Waals surface area contributed by atoms with E-state index in [9.17, 15) is 13.2 Å². The predicted octanol–water partition coefficient (Wildman–Crippen LogP) is 5.02. The molecular formula is C21H22ClF3N4O. The molecule has 0 N–H and O–H groups in total. The second kappa shape index (κ2) is 8.07. The Balaban J connectivity index is 1.60. The fraction of sp³-hybridized carbons (Fsp3) is 0.429. The van der Waals surface area contributed by atoms with E-state index < -0.39 is 11.6 Å². The predicted molar refractivity (Wildman–Crippen MR) is 109 cm³/mol. The third-order valence-electron chi connectivity index (χ3n) is 5.83. The maximum Gasteiger partial charge on any atom is 0.398 e. The van der Waals surface area contributed by atoms with Crippen molar-refractivity contribution in [2.75, 3.05) is 24.6 Å². The number of pyridine rings is 1. The molecule has 0 amide bonds. The highest BCUT2D eigenvalue weighted by Gasteiger charge is 2.56. The van der Waals surface area contributed by atoms with E-state index >= 15 is 0 Å². The van der Waals surface area contributed by atoms with Crippen LogP contribution in [0.4, 0.5) is 18.9 Å². The molecule has 0 unspecified atom stereocenters. The largest absolute Gasteiger partial charge is 0.398 e. The molecule has 4 rings (SSSR count). The third kappa shape index (κ3) is 3.52. The summed E-state index contributed by atoms with van der Waals surface area (Å²) >= 11 is 6.57. The van der Waals surface area contributed by atoms with Crippen LogP contribution >= 0.6 is 11.6 Å². The Kier molecular flexibility index (Phi) is 5.63. The molecule has 3 heterocycles. The minimum Gasteiger partial charge on any atom is -0.374 e. The summed E-state index contributed by atoms with van der Waals surface area (Å²) in [5.74, 6) is 0.624. The van der Waals surface area contributed by atoms with Gasteiger partial charge in [0, 0.05) is 25.9 Å². The molecule has 160 valence electrons. The third-order valence-corrected chi connectivity index (χ3v) is 6.19. The van der Waals surface area contributed by atoms with Gasteiger partial charge in [-0.3, -0.25) is 4.40 Å². The van der Waals surface area contributed by atoms with Crippen molar-refractivity contribution in [1.29, 1.82) is 0 Å². The fourth-order valence-corrected chi connectivity index (χ4v) is 4.43. The Morgan fingerprint density at radius 1 is 1.10 bits per heavy atom. The van der Waals surface area contributed by atoms with Crippen LogP contribution in [0.5, 0.6) is 0 Å². The number of nitrogens with zero attached hydrogens (tertiary/aromatic N) is 4. The highest BCUT2D eigenvalue weighted by molar-refractivity contribution is 6.36. The van der Waals surface area contributed by atoms with E-state index in [1.165, 1.54) is 0 Å². The molecule has 0 aliphatic carbocycles. The summed E-state index contributed by atoms with van der Waals surface area (Å²) in [6.45, 7) is 3.23. The van der Waals surface area contributed by atoms with Gasteiger partial charge in [0.1, 0.15) is 11.6 Å². The molecule has 0 saturated carbocycles. The van der Waals surface area contributed by atoms with Crippen LogP contribution in [0, 0.1) is 0 Å². The first-order valence-electron chi connectivity index (χ1n) is 9.84. The first-order valence-corrected chi connectivity index (χ1v) is 10.2. The quantitative estimate of drug-likeness (QED) is 0.561. The van der Waals surface area contributed by atoms with Crippen LogP contribution < -0.4 is 4.90 Å². The topological polar surface area (TPSA) is 42.7 Å². The summed E-state index contributed by atoms with van der Waals surface area (Å²) < 4.78 is 49.5. The van der Waals surface area contributed by atoms with Gasteiger partial charge in [0.05, 0.1) is 11.1 Å². The minimum absolute atomic E-state index is 0.0374. The van der Waals surface area contributed by atoms with E-state index in [0.717, 1.165) is 0 Å². The summed E-state index contributed by atoms with van der Waals surface area (Å²) in [6, 6.07) is 9.99. The van der Waals surface area contributed by atoms with Crippen LogP contribution in [-0.2, 0) is 16.8 Å². The smallest absolute Gasteiger partial charge is 0.374 e. The highest BCUT2D eigenvalue weighted by Crippen LogP contribution is 2.49. The first kappa shape index (κ1) is 20.9. The lowest BCUT2D eigenvalue weighted by atomic mass is 9.72. The van der Waals surface area contributed by atoms with Crippen LogP contribution in [0.15, 0.2) is 42.6 Å². The maximum atomic E-state index is 14.1. The van der Waals surface area contributed by atoms with Crippen molar-refractivity contribution >= 4 is 22.9 Å². The normalized spacial score (nSPS) is 16.9. The molecule has 1 fully saturated rings. The number of aromatic nitrogens is 3. The number of anilines is 1. The molecule has 9 heteroatoms. The van der Waals surface area contributed by atoms with Gasteiger partial charge in [-0.25, -0.2) is 0 Å². The van der Waals surface area contributed by atoms with Crippen molar-refractivity contribution in [3.8, 4) is 0 Å². The lowest BCUT2D eigenvalue weighted by Crippen LogP contribution is -2.51. The Morgan fingerprint density at radius 3 is 2.43 bits per heavy atom. The van der Waals surface area contributed by atoms with Crippen molar-refractivity contribution in [3.63, 3.8) is 0 Å². The lowest BCUT2D eigenvalue weighted by molar-refractivity contribution is -0.196. The Morgan fingerprint density at radius 2 is 1.80 bits per heavy atom. The molecule has 2 aromatic heterocycles. The molecule has 30 heavy (non-hydrogen) atoms. The number of piperidine rings is 1. The van der Waals surface area contributed by atoms with Crippen LogP contribution in [0.3, 0.4) is 0 Å². The second-order valence-corrected chi connectivity index (χ2v) is 7.77. The molecule has 5 nitrogen and oxygen atoms in total. The van der Waals surface area contributed by atoms with Crippen LogP contribution in [0.2, 0.25) is 5.02 Å². The zero-order valence-corrected chi connectivity index (χ0v) is 17.2. The second-order valence-electron chi connectivity index (χ2n) is 7.39. The number of ether oxygens (including phenoxy) is 1. The monoisotopic (exact) mass is 438 g/mol. The van der Waals surface area contributed by atoms with E-state index in [4.69, 9.17) is 16.3 Å². The number of rotatable bonds is 5. The molecule has 1 aliphatic rings. The number of hydrogen-bond donors (Lipinski definition) is 0. The van der Waals surface area contributed by atoms with Crippen molar-refractivity contribution in [1.82, 2.24) is 14.6 Å². The van der Waals surface area contributed by atoms with Crippen LogP contribution in [0.1, 0.15) is 31.2 Å². The van der Waals surface area contributed by atoms with Gasteiger partial charge in [-0.05, 0) is 31.4 Å². The molecule has 0 bridgehead atoms. The number of fused-ring (bicyclic) bond motifs is 1. The van der Waals surface area contributed by atoms with Gasteiger partial charge in [-0.2, -0.15) is 13.2 Å². The molecule has 1 saturated heterocycles. The molecule has 0 spiro atoms. The van der Waals surface area contributed by atoms with E-state index in [1.807, 2.05) is 11.8 Å². The van der Waals surface area contributed by atoms with Crippen molar-refractivity contribution in [2.24, 2.45) is 0 Å². The molecule has 1 aromatic carbocycles. The van der Waals surface area contributed by atoms with Crippen molar-refractivity contribution < 1.29 is 17.9 Å². The number of alkyl halides is 3. The number of benzene rings is 1. The molecule has 3 aromatic rings. The minimum atomic E-state index is -4.32. The van der Waals surface area contributed by atoms with E-state index in [1.54, 1.807) is 47.0 Å². The highest BCUT2D eigenvalue weighted by atomic mass is 35.5. The van der Waals surface area contributed by atoms with Gasteiger partial charge in [0.2, 0.25) is 0 Å².